The van der Waals surface area contributed by atoms with E-state index in [1.165, 1.54) is 0 Å². The van der Waals surface area contributed by atoms with E-state index in [9.17, 15) is 19.5 Å². The number of nitrogen functional groups attached to an aromatic ring is 1. The molecule has 104 valence electrons. The van der Waals surface area contributed by atoms with E-state index in [2.05, 4.69) is 15.9 Å². The minimum absolute atomic E-state index is 0.0658. The Morgan fingerprint density at radius 1 is 1.53 bits per heavy atom. The average Bonchev–Trinajstić information content (AvgIpc) is 2.68. The summed E-state index contributed by atoms with van der Waals surface area (Å²) in [7, 11) is 0. The van der Waals surface area contributed by atoms with Crippen molar-refractivity contribution < 1.29 is 19.7 Å². The number of halogens is 1. The van der Waals surface area contributed by atoms with E-state index < -0.39 is 35.7 Å². The fourth-order valence-electron chi connectivity index (χ4n) is 1.86. The van der Waals surface area contributed by atoms with Gasteiger partial charge >= 0.3 is 11.7 Å². The Hall–Kier alpha value is -1.65. The number of aliphatic hydroxyl groups excluding tert-OH is 1. The number of nitrogens with one attached hydrogen (secondary N) is 1. The van der Waals surface area contributed by atoms with Gasteiger partial charge in [0.25, 0.3) is 5.56 Å². The van der Waals surface area contributed by atoms with Crippen LogP contribution < -0.4 is 17.0 Å². The third kappa shape index (κ3) is 2.29. The highest BCUT2D eigenvalue weighted by Crippen LogP contribution is 2.30. The highest BCUT2D eigenvalue weighted by Gasteiger charge is 2.40. The molecule has 19 heavy (non-hydrogen) atoms. The Kier molecular flexibility index (Phi) is 3.47. The second kappa shape index (κ2) is 4.79. The molecule has 2 heterocycles. The monoisotopic (exact) mass is 335 g/mol. The second-order valence-electron chi connectivity index (χ2n) is 3.98. The van der Waals surface area contributed by atoms with Crippen molar-refractivity contribution in [3.05, 3.63) is 25.3 Å². The van der Waals surface area contributed by atoms with Gasteiger partial charge in [-0.3, -0.25) is 14.3 Å². The maximum absolute atomic E-state index is 11.7. The first-order valence-electron chi connectivity index (χ1n) is 5.19. The average molecular weight is 336 g/mol. The summed E-state index contributed by atoms with van der Waals surface area (Å²) < 4.78 is 5.89. The number of hydrogen-bond acceptors (Lipinski definition) is 6. The van der Waals surface area contributed by atoms with Gasteiger partial charge in [-0.2, -0.15) is 0 Å². The third-order valence-electron chi connectivity index (χ3n) is 2.75. The molecule has 1 saturated heterocycles. The molecule has 1 fully saturated rings. The van der Waals surface area contributed by atoms with E-state index in [0.29, 0.717) is 0 Å². The summed E-state index contributed by atoms with van der Waals surface area (Å²) >= 11 is 2.91. The van der Waals surface area contributed by atoms with Crippen LogP contribution in [0.1, 0.15) is 12.6 Å². The van der Waals surface area contributed by atoms with Gasteiger partial charge in [-0.05, 0) is 15.9 Å². The number of nitrogens with zero attached hydrogens (tertiary/aromatic N) is 1. The van der Waals surface area contributed by atoms with E-state index in [1.54, 1.807) is 0 Å². The zero-order valence-corrected chi connectivity index (χ0v) is 11.0. The van der Waals surface area contributed by atoms with Gasteiger partial charge in [-0.15, -0.1) is 0 Å². The van der Waals surface area contributed by atoms with Crippen LogP contribution in [-0.2, 0) is 9.53 Å². The Balaban J connectivity index is 2.45. The molecule has 10 heteroatoms. The number of anilines is 1. The molecule has 1 aliphatic rings. The smallest absolute Gasteiger partial charge is 0.335 e. The number of aromatic amines is 1. The molecule has 1 aliphatic heterocycles. The maximum atomic E-state index is 11.7. The lowest BCUT2D eigenvalue weighted by atomic mass is 10.2. The van der Waals surface area contributed by atoms with Crippen molar-refractivity contribution in [1.29, 1.82) is 0 Å². The number of ether oxygens (including phenoxy) is 1. The van der Waals surface area contributed by atoms with Gasteiger partial charge in [0, 0.05) is 6.42 Å². The summed E-state index contributed by atoms with van der Waals surface area (Å²) in [5.41, 5.74) is 4.08. The van der Waals surface area contributed by atoms with Crippen LogP contribution in [0.4, 0.5) is 5.82 Å². The quantitative estimate of drug-likeness (QED) is 0.520. The lowest BCUT2D eigenvalue weighted by Crippen LogP contribution is -2.35. The zero-order chi connectivity index (χ0) is 14.3. The molecule has 0 aliphatic carbocycles. The van der Waals surface area contributed by atoms with Crippen LogP contribution in [0.5, 0.6) is 0 Å². The minimum Gasteiger partial charge on any atom is -0.479 e. The normalized spacial score (nSPS) is 26.5. The number of hydrogen-bond donors (Lipinski definition) is 4. The van der Waals surface area contributed by atoms with E-state index in [1.807, 2.05) is 4.98 Å². The summed E-state index contributed by atoms with van der Waals surface area (Å²) in [5.74, 6) is -1.54. The fraction of sp³-hybridized carbons (Fsp3) is 0.444. The first kappa shape index (κ1) is 13.8. The summed E-state index contributed by atoms with van der Waals surface area (Å²) in [5, 5.41) is 18.4. The van der Waals surface area contributed by atoms with E-state index in [-0.39, 0.29) is 16.7 Å². The standard InChI is InChI=1S/C9H10BrN3O6/c10-4-6(11)13(9(18)12-7(4)15)3-1-2(14)5(19-3)8(16)17/h2-3,5,14H,1,11H2,(H,16,17)(H,12,15,18)/t2-,3+,5-/m0/s1. The Labute approximate surface area is 113 Å². The molecule has 0 amide bonds. The number of carboxylic acids is 1. The first-order chi connectivity index (χ1) is 8.82. The van der Waals surface area contributed by atoms with Gasteiger partial charge in [-0.25, -0.2) is 9.59 Å². The van der Waals surface area contributed by atoms with Crippen molar-refractivity contribution in [3.63, 3.8) is 0 Å². The summed E-state index contributed by atoms with van der Waals surface area (Å²) in [6.07, 6.45) is -3.89. The molecule has 1 aromatic heterocycles. The molecule has 2 rings (SSSR count). The van der Waals surface area contributed by atoms with E-state index >= 15 is 0 Å². The Morgan fingerprint density at radius 2 is 2.16 bits per heavy atom. The molecule has 5 N–H and O–H groups in total. The molecule has 0 unspecified atom stereocenters. The number of nitrogens with two attached hydrogens (primary N) is 1. The topological polar surface area (TPSA) is 148 Å². The second-order valence-corrected chi connectivity index (χ2v) is 4.77. The van der Waals surface area contributed by atoms with Gasteiger partial charge in [0.1, 0.15) is 16.5 Å². The molecule has 1 aromatic rings. The highest BCUT2D eigenvalue weighted by atomic mass is 79.9. The van der Waals surface area contributed by atoms with Gasteiger partial charge in [0.15, 0.2) is 6.10 Å². The number of rotatable bonds is 2. The molecular weight excluding hydrogens is 326 g/mol. The summed E-state index contributed by atoms with van der Waals surface area (Å²) in [6, 6.07) is 0. The van der Waals surface area contributed by atoms with Crippen LogP contribution in [0.25, 0.3) is 0 Å². The molecule has 0 bridgehead atoms. The Bertz CT molecular complexity index is 638. The van der Waals surface area contributed by atoms with Crippen LogP contribution in [0, 0.1) is 0 Å². The molecule has 0 saturated carbocycles. The lowest BCUT2D eigenvalue weighted by Gasteiger charge is -2.16. The Morgan fingerprint density at radius 3 is 2.68 bits per heavy atom. The molecule has 0 radical (unpaired) electrons. The fourth-order valence-corrected chi connectivity index (χ4v) is 2.15. The van der Waals surface area contributed by atoms with Crippen molar-refractivity contribution in [2.45, 2.75) is 24.9 Å². The maximum Gasteiger partial charge on any atom is 0.335 e. The van der Waals surface area contributed by atoms with Crippen molar-refractivity contribution in [3.8, 4) is 0 Å². The summed E-state index contributed by atoms with van der Waals surface area (Å²) in [4.78, 5) is 35.8. The van der Waals surface area contributed by atoms with Crippen molar-refractivity contribution in [2.24, 2.45) is 0 Å². The first-order valence-corrected chi connectivity index (χ1v) is 5.98. The molecule has 0 aromatic carbocycles. The van der Waals surface area contributed by atoms with E-state index in [4.69, 9.17) is 15.6 Å². The van der Waals surface area contributed by atoms with Crippen LogP contribution in [0.3, 0.4) is 0 Å². The molecule has 9 nitrogen and oxygen atoms in total. The van der Waals surface area contributed by atoms with Gasteiger partial charge in [-0.1, -0.05) is 0 Å². The van der Waals surface area contributed by atoms with Crippen molar-refractivity contribution >= 4 is 27.7 Å². The number of aliphatic hydroxyl groups is 1. The van der Waals surface area contributed by atoms with Gasteiger partial charge in [0.2, 0.25) is 0 Å². The van der Waals surface area contributed by atoms with Crippen molar-refractivity contribution in [2.75, 3.05) is 5.73 Å². The predicted molar refractivity (Wildman–Crippen MR) is 65.6 cm³/mol. The van der Waals surface area contributed by atoms with Crippen molar-refractivity contribution in [1.82, 2.24) is 9.55 Å². The van der Waals surface area contributed by atoms with Crippen LogP contribution in [-0.4, -0.2) is 37.9 Å². The van der Waals surface area contributed by atoms with Crippen LogP contribution in [0.2, 0.25) is 0 Å². The minimum atomic E-state index is -1.44. The largest absolute Gasteiger partial charge is 0.479 e. The summed E-state index contributed by atoms with van der Waals surface area (Å²) in [6.45, 7) is 0. The number of carbonyl (C=O) groups is 1. The molecular formula is C9H10BrN3O6. The SMILES string of the molecule is Nc1c(Br)c(=O)[nH]c(=O)n1[C@H]1C[C@H](O)[C@@H](C(=O)O)O1. The predicted octanol–water partition coefficient (Wildman–Crippen LogP) is -1.39. The molecule has 3 atom stereocenters. The highest BCUT2D eigenvalue weighted by molar-refractivity contribution is 9.10. The van der Waals surface area contributed by atoms with Crippen LogP contribution in [0.15, 0.2) is 14.1 Å². The number of carboxylic acid groups (broad SMARTS) is 1. The van der Waals surface area contributed by atoms with Gasteiger partial charge in [0.05, 0.1) is 6.10 Å². The number of aliphatic carboxylic acids is 1. The zero-order valence-electron chi connectivity index (χ0n) is 9.37. The number of aromatic nitrogens is 2. The third-order valence-corrected chi connectivity index (χ3v) is 3.52. The number of H-pyrrole nitrogens is 1. The van der Waals surface area contributed by atoms with Gasteiger partial charge < -0.3 is 20.7 Å². The van der Waals surface area contributed by atoms with Crippen LogP contribution >= 0.6 is 15.9 Å². The van der Waals surface area contributed by atoms with E-state index in [0.717, 1.165) is 4.57 Å². The molecule has 0 spiro atoms. The lowest BCUT2D eigenvalue weighted by molar-refractivity contribution is -0.155.